The molecule has 2 fully saturated rings. The lowest BCUT2D eigenvalue weighted by molar-refractivity contribution is -0.599. The zero-order chi connectivity index (χ0) is 14.1. The topological polar surface area (TPSA) is 33.4 Å². The summed E-state index contributed by atoms with van der Waals surface area (Å²) in [4.78, 5) is 4.70. The summed E-state index contributed by atoms with van der Waals surface area (Å²) in [6.07, 6.45) is 6.24. The molecule has 0 bridgehead atoms. The van der Waals surface area contributed by atoms with Gasteiger partial charge >= 0.3 is 0 Å². The van der Waals surface area contributed by atoms with Gasteiger partial charge < -0.3 is 10.1 Å². The molecule has 0 aliphatic carbocycles. The van der Waals surface area contributed by atoms with Crippen molar-refractivity contribution in [3.8, 4) is 0 Å². The van der Waals surface area contributed by atoms with Crippen molar-refractivity contribution in [3.05, 3.63) is 23.0 Å². The van der Waals surface area contributed by atoms with Crippen LogP contribution in [0.3, 0.4) is 0 Å². The normalized spacial score (nSPS) is 23.4. The fourth-order valence-corrected chi connectivity index (χ4v) is 3.49. The van der Waals surface area contributed by atoms with Crippen LogP contribution in [-0.2, 0) is 0 Å². The zero-order valence-electron chi connectivity index (χ0n) is 12.6. The SMILES string of the molecule is Cc1cc(N2CCCCC2)cc(N2CCCC2C)[n+]1[O-]. The molecule has 0 N–H and O–H groups in total. The molecule has 0 amide bonds. The number of pyridine rings is 1. The van der Waals surface area contributed by atoms with Gasteiger partial charge in [-0.05, 0) is 46.0 Å². The molecule has 1 aromatic rings. The van der Waals surface area contributed by atoms with Crippen LogP contribution in [0.4, 0.5) is 11.5 Å². The molecule has 1 aromatic heterocycles. The van der Waals surface area contributed by atoms with Crippen molar-refractivity contribution in [2.24, 2.45) is 0 Å². The highest BCUT2D eigenvalue weighted by Gasteiger charge is 2.30. The van der Waals surface area contributed by atoms with Crippen molar-refractivity contribution in [1.29, 1.82) is 0 Å². The lowest BCUT2D eigenvalue weighted by Crippen LogP contribution is -2.42. The van der Waals surface area contributed by atoms with Gasteiger partial charge in [0.25, 0.3) is 5.82 Å². The minimum absolute atomic E-state index is 0.478. The molecule has 0 spiro atoms. The van der Waals surface area contributed by atoms with E-state index in [9.17, 15) is 5.21 Å². The van der Waals surface area contributed by atoms with E-state index in [0.29, 0.717) is 6.04 Å². The van der Waals surface area contributed by atoms with Gasteiger partial charge in [-0.3, -0.25) is 4.90 Å². The maximum absolute atomic E-state index is 12.4. The van der Waals surface area contributed by atoms with Crippen molar-refractivity contribution < 1.29 is 4.73 Å². The second-order valence-corrected chi connectivity index (χ2v) is 6.24. The molecular weight excluding hydrogens is 250 g/mol. The first-order valence-corrected chi connectivity index (χ1v) is 7.92. The lowest BCUT2D eigenvalue weighted by Gasteiger charge is -2.30. The third-order valence-electron chi connectivity index (χ3n) is 4.73. The van der Waals surface area contributed by atoms with Crippen LogP contribution in [0.2, 0.25) is 0 Å². The Morgan fingerprint density at radius 3 is 2.50 bits per heavy atom. The number of aromatic nitrogens is 1. The standard InChI is InChI=1S/C16H25N3O/c1-13-7-6-10-18(13)16-12-15(11-14(2)19(16)20)17-8-4-3-5-9-17/h11-13H,3-10H2,1-2H3. The van der Waals surface area contributed by atoms with E-state index in [-0.39, 0.29) is 0 Å². The molecular formula is C16H25N3O. The molecule has 2 aliphatic rings. The van der Waals surface area contributed by atoms with E-state index in [2.05, 4.69) is 22.8 Å². The van der Waals surface area contributed by atoms with Gasteiger partial charge in [0.05, 0.1) is 18.7 Å². The van der Waals surface area contributed by atoms with Crippen LogP contribution in [0.1, 0.15) is 44.7 Å². The zero-order valence-corrected chi connectivity index (χ0v) is 12.6. The summed E-state index contributed by atoms with van der Waals surface area (Å²) in [7, 11) is 0. The van der Waals surface area contributed by atoms with Crippen LogP contribution in [0.25, 0.3) is 0 Å². The molecule has 0 aromatic carbocycles. The highest BCUT2D eigenvalue weighted by atomic mass is 16.5. The van der Waals surface area contributed by atoms with Gasteiger partial charge in [0, 0.05) is 24.8 Å². The summed E-state index contributed by atoms with van der Waals surface area (Å²) in [5, 5.41) is 12.4. The highest BCUT2D eigenvalue weighted by Crippen LogP contribution is 2.28. The third-order valence-corrected chi connectivity index (χ3v) is 4.73. The molecule has 4 nitrogen and oxygen atoms in total. The second-order valence-electron chi connectivity index (χ2n) is 6.24. The van der Waals surface area contributed by atoms with E-state index in [1.54, 1.807) is 0 Å². The Bertz CT molecular complexity index is 483. The van der Waals surface area contributed by atoms with Gasteiger partial charge in [-0.2, -0.15) is 0 Å². The molecule has 0 saturated carbocycles. The minimum atomic E-state index is 0.478. The lowest BCUT2D eigenvalue weighted by atomic mass is 10.1. The average molecular weight is 275 g/mol. The fraction of sp³-hybridized carbons (Fsp3) is 0.688. The Hall–Kier alpha value is -1.45. The Balaban J connectivity index is 1.94. The van der Waals surface area contributed by atoms with Crippen LogP contribution >= 0.6 is 0 Å². The first-order chi connectivity index (χ1) is 9.66. The van der Waals surface area contributed by atoms with Crippen LogP contribution in [-0.4, -0.2) is 25.7 Å². The summed E-state index contributed by atoms with van der Waals surface area (Å²) in [5.41, 5.74) is 2.03. The smallest absolute Gasteiger partial charge is 0.282 e. The van der Waals surface area contributed by atoms with E-state index in [1.165, 1.54) is 37.8 Å². The monoisotopic (exact) mass is 275 g/mol. The molecule has 1 atom stereocenters. The molecule has 2 aliphatic heterocycles. The summed E-state index contributed by atoms with van der Waals surface area (Å²) >= 11 is 0. The van der Waals surface area contributed by atoms with Gasteiger partial charge in [-0.25, -0.2) is 4.73 Å². The fourth-order valence-electron chi connectivity index (χ4n) is 3.49. The quantitative estimate of drug-likeness (QED) is 0.614. The van der Waals surface area contributed by atoms with E-state index in [4.69, 9.17) is 0 Å². The van der Waals surface area contributed by atoms with Gasteiger partial charge in [0.2, 0.25) is 0 Å². The van der Waals surface area contributed by atoms with Gasteiger partial charge in [0.1, 0.15) is 5.69 Å². The Morgan fingerprint density at radius 1 is 1.10 bits per heavy atom. The van der Waals surface area contributed by atoms with E-state index >= 15 is 0 Å². The summed E-state index contributed by atoms with van der Waals surface area (Å²) < 4.78 is 1.11. The van der Waals surface area contributed by atoms with Crippen molar-refractivity contribution >= 4 is 11.5 Å². The Morgan fingerprint density at radius 2 is 1.85 bits per heavy atom. The first-order valence-electron chi connectivity index (χ1n) is 7.92. The van der Waals surface area contributed by atoms with Gasteiger partial charge in [0.15, 0.2) is 0 Å². The predicted octanol–water partition coefficient (Wildman–Crippen LogP) is 2.61. The highest BCUT2D eigenvalue weighted by molar-refractivity contribution is 5.54. The largest absolute Gasteiger partial charge is 0.710 e. The van der Waals surface area contributed by atoms with Crippen LogP contribution in [0, 0.1) is 12.1 Å². The number of anilines is 2. The first kappa shape index (κ1) is 13.5. The summed E-state index contributed by atoms with van der Waals surface area (Å²) in [6, 6.07) is 4.63. The average Bonchev–Trinajstić information content (AvgIpc) is 2.89. The van der Waals surface area contributed by atoms with E-state index < -0.39 is 0 Å². The molecule has 3 rings (SSSR count). The van der Waals surface area contributed by atoms with Crippen molar-refractivity contribution in [2.75, 3.05) is 29.4 Å². The summed E-state index contributed by atoms with van der Waals surface area (Å²) in [5.74, 6) is 0.843. The van der Waals surface area contributed by atoms with Gasteiger partial charge in [-0.15, -0.1) is 0 Å². The van der Waals surface area contributed by atoms with E-state index in [1.807, 2.05) is 13.0 Å². The Labute approximate surface area is 121 Å². The minimum Gasteiger partial charge on any atom is -0.710 e. The molecule has 20 heavy (non-hydrogen) atoms. The number of rotatable bonds is 2. The number of aryl methyl sites for hydroxylation is 1. The molecule has 110 valence electrons. The maximum atomic E-state index is 12.4. The summed E-state index contributed by atoms with van der Waals surface area (Å²) in [6.45, 7) is 7.39. The molecule has 1 unspecified atom stereocenters. The maximum Gasteiger partial charge on any atom is 0.282 e. The molecule has 0 radical (unpaired) electrons. The van der Waals surface area contributed by atoms with Crippen LogP contribution in [0.15, 0.2) is 12.1 Å². The second kappa shape index (κ2) is 5.51. The Kier molecular flexibility index (Phi) is 3.72. The number of hydrogen-bond donors (Lipinski definition) is 0. The molecule has 2 saturated heterocycles. The third kappa shape index (κ3) is 2.43. The molecule has 4 heteroatoms. The predicted molar refractivity (Wildman–Crippen MR) is 82.2 cm³/mol. The number of hydrogen-bond acceptors (Lipinski definition) is 3. The van der Waals surface area contributed by atoms with Crippen molar-refractivity contribution in [2.45, 2.75) is 52.0 Å². The van der Waals surface area contributed by atoms with Gasteiger partial charge in [-0.1, -0.05) is 0 Å². The van der Waals surface area contributed by atoms with E-state index in [0.717, 1.165) is 35.9 Å². The molecule has 3 heterocycles. The van der Waals surface area contributed by atoms with Crippen LogP contribution < -0.4 is 14.5 Å². The van der Waals surface area contributed by atoms with Crippen molar-refractivity contribution in [1.82, 2.24) is 0 Å². The number of nitrogens with zero attached hydrogens (tertiary/aromatic N) is 3. The van der Waals surface area contributed by atoms with Crippen molar-refractivity contribution in [3.63, 3.8) is 0 Å². The van der Waals surface area contributed by atoms with Crippen LogP contribution in [0.5, 0.6) is 0 Å². The number of piperidine rings is 1.